The predicted molar refractivity (Wildman–Crippen MR) is 42.7 cm³/mol. The van der Waals surface area contributed by atoms with Crippen LogP contribution in [0.3, 0.4) is 0 Å². The maximum absolute atomic E-state index is 9.89. The van der Waals surface area contributed by atoms with Crippen LogP contribution in [-0.2, 0) is 4.79 Å². The molecule has 11 heavy (non-hydrogen) atoms. The van der Waals surface area contributed by atoms with Crippen LogP contribution < -0.4 is 5.73 Å². The zero-order valence-corrected chi connectivity index (χ0v) is 6.62. The van der Waals surface area contributed by atoms with Crippen LogP contribution in [0.1, 0.15) is 32.1 Å². The second-order valence-corrected chi connectivity index (χ2v) is 3.11. The molecule has 0 aromatic carbocycles. The smallest absolute Gasteiger partial charge is 0.236 e. The summed E-state index contributed by atoms with van der Waals surface area (Å²) < 4.78 is 0. The summed E-state index contributed by atoms with van der Waals surface area (Å²) in [7, 11) is 0. The van der Waals surface area contributed by atoms with Gasteiger partial charge >= 0.3 is 0 Å². The summed E-state index contributed by atoms with van der Waals surface area (Å²) in [6, 6.07) is 0. The maximum atomic E-state index is 9.89. The minimum atomic E-state index is -0.298. The fraction of sp³-hybridized carbons (Fsp3) is 0.875. The highest BCUT2D eigenvalue weighted by Gasteiger charge is 2.19. The summed E-state index contributed by atoms with van der Waals surface area (Å²) >= 11 is 0. The molecule has 2 N–H and O–H groups in total. The van der Waals surface area contributed by atoms with Gasteiger partial charge in [-0.1, -0.05) is 19.3 Å². The molecule has 3 nitrogen and oxygen atoms in total. The number of isocyanates is 1. The standard InChI is InChI=1S/C8H14N2O/c9-8(10-6-11)7-4-2-1-3-5-7/h7-8H,1-5,9H2. The number of nitrogens with two attached hydrogens (primary N) is 1. The number of hydrogen-bond donors (Lipinski definition) is 1. The number of nitrogens with zero attached hydrogens (tertiary/aromatic N) is 1. The van der Waals surface area contributed by atoms with Gasteiger partial charge in [0.2, 0.25) is 6.08 Å². The first-order valence-corrected chi connectivity index (χ1v) is 4.17. The van der Waals surface area contributed by atoms with Crippen molar-refractivity contribution in [3.8, 4) is 0 Å². The van der Waals surface area contributed by atoms with E-state index in [2.05, 4.69) is 4.99 Å². The normalized spacial score (nSPS) is 22.3. The van der Waals surface area contributed by atoms with Gasteiger partial charge in [0.1, 0.15) is 6.17 Å². The molecule has 1 aliphatic rings. The van der Waals surface area contributed by atoms with Crippen LogP contribution in [0.25, 0.3) is 0 Å². The van der Waals surface area contributed by atoms with Crippen molar-refractivity contribution < 1.29 is 4.79 Å². The topological polar surface area (TPSA) is 55.4 Å². The van der Waals surface area contributed by atoms with Crippen molar-refractivity contribution in [2.24, 2.45) is 16.6 Å². The van der Waals surface area contributed by atoms with Gasteiger partial charge in [-0.15, -0.1) is 0 Å². The number of carbonyl (C=O) groups excluding carboxylic acids is 1. The maximum Gasteiger partial charge on any atom is 0.236 e. The van der Waals surface area contributed by atoms with Crippen LogP contribution in [0.15, 0.2) is 4.99 Å². The van der Waals surface area contributed by atoms with Gasteiger partial charge in [-0.25, -0.2) is 4.79 Å². The molecule has 1 aliphatic carbocycles. The summed E-state index contributed by atoms with van der Waals surface area (Å²) in [5.41, 5.74) is 5.63. The van der Waals surface area contributed by atoms with E-state index in [1.54, 1.807) is 0 Å². The lowest BCUT2D eigenvalue weighted by Gasteiger charge is -2.23. The molecular weight excluding hydrogens is 140 g/mol. The summed E-state index contributed by atoms with van der Waals surface area (Å²) in [5.74, 6) is 0.421. The highest BCUT2D eigenvalue weighted by Crippen LogP contribution is 2.25. The van der Waals surface area contributed by atoms with Crippen LogP contribution in [0.5, 0.6) is 0 Å². The van der Waals surface area contributed by atoms with Crippen molar-refractivity contribution in [1.82, 2.24) is 0 Å². The summed E-state index contributed by atoms with van der Waals surface area (Å²) in [6.45, 7) is 0. The zero-order chi connectivity index (χ0) is 8.10. The van der Waals surface area contributed by atoms with Gasteiger partial charge in [-0.2, -0.15) is 4.99 Å². The monoisotopic (exact) mass is 154 g/mol. The van der Waals surface area contributed by atoms with E-state index in [4.69, 9.17) is 5.73 Å². The molecular formula is C8H14N2O. The Morgan fingerprint density at radius 1 is 1.36 bits per heavy atom. The zero-order valence-electron chi connectivity index (χ0n) is 6.62. The number of rotatable bonds is 2. The molecule has 0 aromatic rings. The molecule has 62 valence electrons. The summed E-state index contributed by atoms with van der Waals surface area (Å²) in [5, 5.41) is 0. The molecule has 0 heterocycles. The van der Waals surface area contributed by atoms with E-state index in [1.807, 2.05) is 0 Å². The van der Waals surface area contributed by atoms with Gasteiger partial charge in [-0.3, -0.25) is 0 Å². The van der Waals surface area contributed by atoms with E-state index in [1.165, 1.54) is 25.3 Å². The van der Waals surface area contributed by atoms with Crippen LogP contribution in [-0.4, -0.2) is 12.2 Å². The molecule has 0 bridgehead atoms. The fourth-order valence-electron chi connectivity index (χ4n) is 1.64. The molecule has 1 fully saturated rings. The highest BCUT2D eigenvalue weighted by atomic mass is 16.1. The van der Waals surface area contributed by atoms with E-state index in [-0.39, 0.29) is 6.17 Å². The summed E-state index contributed by atoms with van der Waals surface area (Å²) in [4.78, 5) is 13.4. The van der Waals surface area contributed by atoms with E-state index in [9.17, 15) is 4.79 Å². The lowest BCUT2D eigenvalue weighted by molar-refractivity contribution is 0.309. The van der Waals surface area contributed by atoms with Gasteiger partial charge in [0.05, 0.1) is 0 Å². The molecule has 1 saturated carbocycles. The van der Waals surface area contributed by atoms with Crippen LogP contribution >= 0.6 is 0 Å². The Hall–Kier alpha value is -0.660. The summed E-state index contributed by atoms with van der Waals surface area (Å²) in [6.07, 6.45) is 7.21. The molecule has 1 atom stereocenters. The molecule has 1 rings (SSSR count). The Morgan fingerprint density at radius 2 is 2.00 bits per heavy atom. The SMILES string of the molecule is NC(N=C=O)C1CCCCC1. The van der Waals surface area contributed by atoms with Crippen LogP contribution in [0.2, 0.25) is 0 Å². The Kier molecular flexibility index (Phi) is 3.27. The lowest BCUT2D eigenvalue weighted by atomic mass is 9.87. The van der Waals surface area contributed by atoms with Gasteiger partial charge in [0.15, 0.2) is 0 Å². The Labute approximate surface area is 66.7 Å². The van der Waals surface area contributed by atoms with Gasteiger partial charge in [-0.05, 0) is 18.8 Å². The fourth-order valence-corrected chi connectivity index (χ4v) is 1.64. The second kappa shape index (κ2) is 4.27. The quantitative estimate of drug-likeness (QED) is 0.479. The van der Waals surface area contributed by atoms with E-state index in [0.717, 1.165) is 12.8 Å². The van der Waals surface area contributed by atoms with E-state index < -0.39 is 0 Å². The van der Waals surface area contributed by atoms with Gasteiger partial charge in [0, 0.05) is 0 Å². The first-order valence-electron chi connectivity index (χ1n) is 4.17. The van der Waals surface area contributed by atoms with Crippen molar-refractivity contribution in [1.29, 1.82) is 0 Å². The van der Waals surface area contributed by atoms with Crippen molar-refractivity contribution in [2.75, 3.05) is 0 Å². The van der Waals surface area contributed by atoms with Crippen molar-refractivity contribution in [2.45, 2.75) is 38.3 Å². The average Bonchev–Trinajstić information content (AvgIpc) is 2.07. The molecule has 0 radical (unpaired) electrons. The molecule has 1 unspecified atom stereocenters. The van der Waals surface area contributed by atoms with Gasteiger partial charge < -0.3 is 5.73 Å². The molecule has 0 aromatic heterocycles. The van der Waals surface area contributed by atoms with Crippen LogP contribution in [0, 0.1) is 5.92 Å². The number of hydrogen-bond acceptors (Lipinski definition) is 3. The molecule has 3 heteroatoms. The molecule has 0 spiro atoms. The molecule has 0 saturated heterocycles. The van der Waals surface area contributed by atoms with E-state index >= 15 is 0 Å². The molecule has 0 amide bonds. The van der Waals surface area contributed by atoms with Crippen molar-refractivity contribution in [3.63, 3.8) is 0 Å². The van der Waals surface area contributed by atoms with Crippen molar-refractivity contribution in [3.05, 3.63) is 0 Å². The third kappa shape index (κ3) is 2.45. The Balaban J connectivity index is 2.38. The largest absolute Gasteiger partial charge is 0.309 e. The number of aliphatic imine (C=N–C) groups is 1. The lowest BCUT2D eigenvalue weighted by Crippen LogP contribution is -2.29. The Morgan fingerprint density at radius 3 is 2.55 bits per heavy atom. The third-order valence-corrected chi connectivity index (χ3v) is 2.33. The first-order chi connectivity index (χ1) is 5.34. The second-order valence-electron chi connectivity index (χ2n) is 3.11. The van der Waals surface area contributed by atoms with Gasteiger partial charge in [0.25, 0.3) is 0 Å². The predicted octanol–water partition coefficient (Wildman–Crippen LogP) is 1.19. The third-order valence-electron chi connectivity index (χ3n) is 2.33. The Bertz CT molecular complexity index is 157. The van der Waals surface area contributed by atoms with Crippen molar-refractivity contribution >= 4 is 6.08 Å². The molecule has 0 aliphatic heterocycles. The average molecular weight is 154 g/mol. The van der Waals surface area contributed by atoms with Crippen LogP contribution in [0.4, 0.5) is 0 Å². The van der Waals surface area contributed by atoms with E-state index in [0.29, 0.717) is 5.92 Å². The highest BCUT2D eigenvalue weighted by molar-refractivity contribution is 5.33. The minimum absolute atomic E-state index is 0.298. The first kappa shape index (κ1) is 8.44. The minimum Gasteiger partial charge on any atom is -0.309 e.